The fourth-order valence-electron chi connectivity index (χ4n) is 2.61. The van der Waals surface area contributed by atoms with E-state index in [0.717, 1.165) is 19.4 Å². The minimum absolute atomic E-state index is 0.339. The molecule has 3 atom stereocenters. The Bertz CT molecular complexity index is 413. The smallest absolute Gasteiger partial charge is 0.129 e. The topological polar surface area (TPSA) is 35.5 Å². The molecule has 0 aromatic heterocycles. The van der Waals surface area contributed by atoms with Crippen LogP contribution in [0.5, 0.6) is 0 Å². The van der Waals surface area contributed by atoms with Crippen LogP contribution in [0.2, 0.25) is 0 Å². The van der Waals surface area contributed by atoms with Crippen LogP contribution in [0.4, 0.5) is 4.39 Å². The Labute approximate surface area is 114 Å². The highest BCUT2D eigenvalue weighted by Gasteiger charge is 2.23. The molecule has 1 aliphatic rings. The van der Waals surface area contributed by atoms with E-state index in [1.54, 1.807) is 18.2 Å². The van der Waals surface area contributed by atoms with Crippen LogP contribution in [0, 0.1) is 5.82 Å². The molecule has 1 aromatic carbocycles. The number of nitrogens with zero attached hydrogens (tertiary/aromatic N) is 1. The van der Waals surface area contributed by atoms with Crippen LogP contribution in [0.25, 0.3) is 0 Å². The molecule has 3 unspecified atom stereocenters. The van der Waals surface area contributed by atoms with Crippen molar-refractivity contribution < 1.29 is 9.50 Å². The first-order valence-corrected chi connectivity index (χ1v) is 6.94. The summed E-state index contributed by atoms with van der Waals surface area (Å²) in [6, 6.07) is 7.37. The van der Waals surface area contributed by atoms with Crippen molar-refractivity contribution in [3.8, 4) is 0 Å². The van der Waals surface area contributed by atoms with Crippen molar-refractivity contribution in [1.82, 2.24) is 10.2 Å². The average Bonchev–Trinajstić information content (AvgIpc) is 2.40. The summed E-state index contributed by atoms with van der Waals surface area (Å²) in [4.78, 5) is 2.34. The SMILES string of the molecule is CC1CC(NCC(O)c2ccccc2F)CCN1C. The summed E-state index contributed by atoms with van der Waals surface area (Å²) in [6.45, 7) is 3.68. The number of benzene rings is 1. The molecule has 0 bridgehead atoms. The molecule has 0 amide bonds. The van der Waals surface area contributed by atoms with Gasteiger partial charge in [-0.25, -0.2) is 4.39 Å². The monoisotopic (exact) mass is 266 g/mol. The van der Waals surface area contributed by atoms with Crippen LogP contribution in [-0.4, -0.2) is 42.2 Å². The van der Waals surface area contributed by atoms with Gasteiger partial charge in [0.2, 0.25) is 0 Å². The number of aliphatic hydroxyl groups excluding tert-OH is 1. The van der Waals surface area contributed by atoms with E-state index in [-0.39, 0.29) is 5.82 Å². The number of nitrogens with one attached hydrogen (secondary N) is 1. The van der Waals surface area contributed by atoms with Gasteiger partial charge in [-0.05, 0) is 39.4 Å². The van der Waals surface area contributed by atoms with Crippen LogP contribution in [-0.2, 0) is 0 Å². The van der Waals surface area contributed by atoms with E-state index in [4.69, 9.17) is 0 Å². The Balaban J connectivity index is 1.84. The fourth-order valence-corrected chi connectivity index (χ4v) is 2.61. The van der Waals surface area contributed by atoms with Gasteiger partial charge in [-0.15, -0.1) is 0 Å². The van der Waals surface area contributed by atoms with Crippen LogP contribution in [0.1, 0.15) is 31.4 Å². The van der Waals surface area contributed by atoms with Gasteiger partial charge in [0.05, 0.1) is 6.10 Å². The Morgan fingerprint density at radius 2 is 2.21 bits per heavy atom. The molecule has 0 radical (unpaired) electrons. The van der Waals surface area contributed by atoms with Gasteiger partial charge in [0.1, 0.15) is 5.82 Å². The maximum absolute atomic E-state index is 13.5. The summed E-state index contributed by atoms with van der Waals surface area (Å²) < 4.78 is 13.5. The van der Waals surface area contributed by atoms with Gasteiger partial charge in [0, 0.05) is 24.2 Å². The van der Waals surface area contributed by atoms with Gasteiger partial charge in [-0.3, -0.25) is 0 Å². The number of likely N-dealkylation sites (tertiary alicyclic amines) is 1. The van der Waals surface area contributed by atoms with E-state index in [2.05, 4.69) is 24.2 Å². The molecule has 19 heavy (non-hydrogen) atoms. The standard InChI is InChI=1S/C15H23FN2O/c1-11-9-12(7-8-18(11)2)17-10-15(19)13-5-3-4-6-14(13)16/h3-6,11-12,15,17,19H,7-10H2,1-2H3. The van der Waals surface area contributed by atoms with Gasteiger partial charge >= 0.3 is 0 Å². The number of halogens is 1. The molecule has 4 heteroatoms. The molecule has 106 valence electrons. The summed E-state index contributed by atoms with van der Waals surface area (Å²) in [7, 11) is 2.13. The molecule has 2 rings (SSSR count). The van der Waals surface area contributed by atoms with Gasteiger partial charge in [0.15, 0.2) is 0 Å². The van der Waals surface area contributed by atoms with Gasteiger partial charge in [-0.2, -0.15) is 0 Å². The van der Waals surface area contributed by atoms with Gasteiger partial charge < -0.3 is 15.3 Å². The third-order valence-electron chi connectivity index (χ3n) is 4.07. The second-order valence-corrected chi connectivity index (χ2v) is 5.50. The number of rotatable bonds is 4. The van der Waals surface area contributed by atoms with E-state index in [9.17, 15) is 9.50 Å². The minimum atomic E-state index is -0.781. The summed E-state index contributed by atoms with van der Waals surface area (Å²) in [5.74, 6) is -0.339. The Kier molecular flexibility index (Phi) is 4.91. The van der Waals surface area contributed by atoms with E-state index in [1.807, 2.05) is 0 Å². The van der Waals surface area contributed by atoms with Crippen molar-refractivity contribution in [1.29, 1.82) is 0 Å². The quantitative estimate of drug-likeness (QED) is 0.874. The van der Waals surface area contributed by atoms with Crippen LogP contribution in [0.3, 0.4) is 0 Å². The highest BCUT2D eigenvalue weighted by Crippen LogP contribution is 2.18. The third-order valence-corrected chi connectivity index (χ3v) is 4.07. The molecule has 0 aliphatic carbocycles. The summed E-state index contributed by atoms with van der Waals surface area (Å²) >= 11 is 0. The van der Waals surface area contributed by atoms with Crippen molar-refractivity contribution >= 4 is 0 Å². The first-order chi connectivity index (χ1) is 9.08. The largest absolute Gasteiger partial charge is 0.387 e. The molecule has 2 N–H and O–H groups in total. The van der Waals surface area contributed by atoms with Crippen LogP contribution < -0.4 is 5.32 Å². The molecule has 3 nitrogen and oxygen atoms in total. The third kappa shape index (κ3) is 3.75. The summed E-state index contributed by atoms with van der Waals surface area (Å²) in [6.07, 6.45) is 1.36. The van der Waals surface area contributed by atoms with Crippen molar-refractivity contribution in [2.24, 2.45) is 0 Å². The van der Waals surface area contributed by atoms with Crippen molar-refractivity contribution in [2.45, 2.75) is 38.0 Å². The van der Waals surface area contributed by atoms with E-state index in [1.165, 1.54) is 6.07 Å². The lowest BCUT2D eigenvalue weighted by Gasteiger charge is -2.35. The highest BCUT2D eigenvalue weighted by atomic mass is 19.1. The molecule has 1 saturated heterocycles. The fraction of sp³-hybridized carbons (Fsp3) is 0.600. The van der Waals surface area contributed by atoms with Crippen molar-refractivity contribution in [3.63, 3.8) is 0 Å². The molecule has 0 saturated carbocycles. The zero-order valence-electron chi connectivity index (χ0n) is 11.6. The van der Waals surface area contributed by atoms with Gasteiger partial charge in [0.25, 0.3) is 0 Å². The number of hydrogen-bond donors (Lipinski definition) is 2. The highest BCUT2D eigenvalue weighted by molar-refractivity contribution is 5.20. The van der Waals surface area contributed by atoms with Crippen molar-refractivity contribution in [2.75, 3.05) is 20.1 Å². The second kappa shape index (κ2) is 6.46. The Morgan fingerprint density at radius 3 is 2.89 bits per heavy atom. The van der Waals surface area contributed by atoms with Crippen LogP contribution in [0.15, 0.2) is 24.3 Å². The molecule has 1 heterocycles. The normalized spacial score (nSPS) is 26.3. The molecule has 0 spiro atoms. The minimum Gasteiger partial charge on any atom is -0.387 e. The Morgan fingerprint density at radius 1 is 1.47 bits per heavy atom. The zero-order chi connectivity index (χ0) is 13.8. The molecule has 1 aliphatic heterocycles. The number of piperidine rings is 1. The summed E-state index contributed by atoms with van der Waals surface area (Å²) in [5, 5.41) is 13.4. The molecular weight excluding hydrogens is 243 g/mol. The van der Waals surface area contributed by atoms with E-state index < -0.39 is 6.10 Å². The van der Waals surface area contributed by atoms with Gasteiger partial charge in [-0.1, -0.05) is 18.2 Å². The summed E-state index contributed by atoms with van der Waals surface area (Å²) in [5.41, 5.74) is 0.371. The molecular formula is C15H23FN2O. The molecule has 1 fully saturated rings. The average molecular weight is 266 g/mol. The van der Waals surface area contributed by atoms with Crippen LogP contribution >= 0.6 is 0 Å². The number of aliphatic hydroxyl groups is 1. The Hall–Kier alpha value is -0.970. The zero-order valence-corrected chi connectivity index (χ0v) is 11.6. The predicted molar refractivity (Wildman–Crippen MR) is 74.5 cm³/mol. The molecule has 1 aromatic rings. The van der Waals surface area contributed by atoms with E-state index in [0.29, 0.717) is 24.2 Å². The van der Waals surface area contributed by atoms with E-state index >= 15 is 0 Å². The predicted octanol–water partition coefficient (Wildman–Crippen LogP) is 1.93. The first-order valence-electron chi connectivity index (χ1n) is 6.94. The second-order valence-electron chi connectivity index (χ2n) is 5.50. The number of hydrogen-bond acceptors (Lipinski definition) is 3. The lowest BCUT2D eigenvalue weighted by molar-refractivity contribution is 0.137. The maximum atomic E-state index is 13.5. The first kappa shape index (κ1) is 14.4. The lowest BCUT2D eigenvalue weighted by atomic mass is 9.98. The lowest BCUT2D eigenvalue weighted by Crippen LogP contribution is -2.46. The maximum Gasteiger partial charge on any atom is 0.129 e. The van der Waals surface area contributed by atoms with Crippen molar-refractivity contribution in [3.05, 3.63) is 35.6 Å².